The maximum atomic E-state index is 9.56. The van der Waals surface area contributed by atoms with Crippen molar-refractivity contribution in [3.8, 4) is 0 Å². The smallest absolute Gasteiger partial charge is 0.0897 e. The Hall–Kier alpha value is -0.200. The molecule has 1 fully saturated rings. The lowest BCUT2D eigenvalue weighted by molar-refractivity contribution is 0.0126. The molecule has 96 valence electrons. The summed E-state index contributed by atoms with van der Waals surface area (Å²) < 4.78 is 9.99. The van der Waals surface area contributed by atoms with Crippen LogP contribution < -0.4 is 5.32 Å². The van der Waals surface area contributed by atoms with Crippen molar-refractivity contribution in [1.29, 1.82) is 0 Å². The third-order valence-electron chi connectivity index (χ3n) is 2.64. The summed E-state index contributed by atoms with van der Waals surface area (Å²) in [6.45, 7) is 2.35. The standard InChI is InChI=1S/C11H23NO4/c1-15-4-5-16-8-10(13)6-12-7-11(14)9-2-3-9/h9-14H,2-8H2,1H3. The largest absolute Gasteiger partial charge is 0.392 e. The van der Waals surface area contributed by atoms with E-state index >= 15 is 0 Å². The Kier molecular flexibility index (Phi) is 6.91. The van der Waals surface area contributed by atoms with E-state index in [4.69, 9.17) is 9.47 Å². The van der Waals surface area contributed by atoms with E-state index in [2.05, 4.69) is 5.32 Å². The van der Waals surface area contributed by atoms with Gasteiger partial charge in [0.2, 0.25) is 0 Å². The van der Waals surface area contributed by atoms with Gasteiger partial charge in [-0.1, -0.05) is 0 Å². The van der Waals surface area contributed by atoms with Crippen LogP contribution in [-0.2, 0) is 9.47 Å². The molecular formula is C11H23NO4. The number of hydrogen-bond donors (Lipinski definition) is 3. The fraction of sp³-hybridized carbons (Fsp3) is 1.00. The predicted octanol–water partition coefficient (Wildman–Crippen LogP) is -0.629. The van der Waals surface area contributed by atoms with Gasteiger partial charge in [-0.05, 0) is 18.8 Å². The molecule has 5 heteroatoms. The molecule has 2 atom stereocenters. The Morgan fingerprint density at radius 3 is 2.62 bits per heavy atom. The summed E-state index contributed by atoms with van der Waals surface area (Å²) in [4.78, 5) is 0. The Morgan fingerprint density at radius 2 is 2.00 bits per heavy atom. The Bertz CT molecular complexity index is 175. The van der Waals surface area contributed by atoms with Gasteiger partial charge in [0, 0.05) is 20.2 Å². The van der Waals surface area contributed by atoms with Crippen molar-refractivity contribution in [3.63, 3.8) is 0 Å². The first kappa shape index (κ1) is 13.9. The summed E-state index contributed by atoms with van der Waals surface area (Å²) in [5, 5.41) is 22.1. The first-order valence-corrected chi connectivity index (χ1v) is 5.87. The molecule has 0 aromatic rings. The van der Waals surface area contributed by atoms with Crippen LogP contribution in [0, 0.1) is 5.92 Å². The van der Waals surface area contributed by atoms with Crippen LogP contribution in [0.4, 0.5) is 0 Å². The maximum absolute atomic E-state index is 9.56. The van der Waals surface area contributed by atoms with Crippen molar-refractivity contribution in [2.24, 2.45) is 5.92 Å². The van der Waals surface area contributed by atoms with Gasteiger partial charge in [0.1, 0.15) is 0 Å². The van der Waals surface area contributed by atoms with Gasteiger partial charge in [-0.15, -0.1) is 0 Å². The molecule has 1 aliphatic rings. The van der Waals surface area contributed by atoms with E-state index in [1.807, 2.05) is 0 Å². The zero-order chi connectivity index (χ0) is 11.8. The number of rotatable bonds is 10. The lowest BCUT2D eigenvalue weighted by Gasteiger charge is -2.14. The van der Waals surface area contributed by atoms with Crippen molar-refractivity contribution < 1.29 is 19.7 Å². The van der Waals surface area contributed by atoms with Crippen molar-refractivity contribution in [2.45, 2.75) is 25.0 Å². The number of nitrogens with one attached hydrogen (secondary N) is 1. The molecule has 0 bridgehead atoms. The number of methoxy groups -OCH3 is 1. The van der Waals surface area contributed by atoms with Gasteiger partial charge in [0.15, 0.2) is 0 Å². The van der Waals surface area contributed by atoms with E-state index in [1.165, 1.54) is 0 Å². The molecule has 0 spiro atoms. The molecule has 1 rings (SSSR count). The first-order valence-electron chi connectivity index (χ1n) is 5.87. The van der Waals surface area contributed by atoms with E-state index in [0.29, 0.717) is 38.8 Å². The van der Waals surface area contributed by atoms with Gasteiger partial charge in [-0.2, -0.15) is 0 Å². The van der Waals surface area contributed by atoms with Crippen LogP contribution in [-0.4, -0.2) is 62.4 Å². The first-order chi connectivity index (χ1) is 7.74. The van der Waals surface area contributed by atoms with Gasteiger partial charge in [-0.3, -0.25) is 0 Å². The van der Waals surface area contributed by atoms with E-state index in [-0.39, 0.29) is 6.10 Å². The SMILES string of the molecule is COCCOCC(O)CNCC(O)C1CC1. The lowest BCUT2D eigenvalue weighted by atomic mass is 10.2. The fourth-order valence-electron chi connectivity index (χ4n) is 1.47. The summed E-state index contributed by atoms with van der Waals surface area (Å²) in [5.74, 6) is 0.475. The predicted molar refractivity (Wildman–Crippen MR) is 60.3 cm³/mol. The van der Waals surface area contributed by atoms with Gasteiger partial charge in [0.25, 0.3) is 0 Å². The molecule has 0 radical (unpaired) electrons. The quantitative estimate of drug-likeness (QED) is 0.438. The minimum Gasteiger partial charge on any atom is -0.392 e. The maximum Gasteiger partial charge on any atom is 0.0897 e. The molecule has 0 amide bonds. The average Bonchev–Trinajstić information content (AvgIpc) is 3.08. The minimum absolute atomic E-state index is 0.262. The summed E-state index contributed by atoms with van der Waals surface area (Å²) in [6, 6.07) is 0. The van der Waals surface area contributed by atoms with E-state index in [1.54, 1.807) is 7.11 Å². The molecule has 1 saturated carbocycles. The van der Waals surface area contributed by atoms with Crippen LogP contribution in [0.25, 0.3) is 0 Å². The van der Waals surface area contributed by atoms with Crippen molar-refractivity contribution in [2.75, 3.05) is 40.0 Å². The lowest BCUT2D eigenvalue weighted by Crippen LogP contribution is -2.36. The third-order valence-corrected chi connectivity index (χ3v) is 2.64. The fourth-order valence-corrected chi connectivity index (χ4v) is 1.47. The average molecular weight is 233 g/mol. The number of aliphatic hydroxyl groups is 2. The monoisotopic (exact) mass is 233 g/mol. The second-order valence-electron chi connectivity index (χ2n) is 4.28. The van der Waals surface area contributed by atoms with Crippen LogP contribution in [0.15, 0.2) is 0 Å². The molecule has 0 aromatic heterocycles. The molecule has 3 N–H and O–H groups in total. The third kappa shape index (κ3) is 6.40. The van der Waals surface area contributed by atoms with Gasteiger partial charge < -0.3 is 25.0 Å². The molecule has 0 heterocycles. The highest BCUT2D eigenvalue weighted by molar-refractivity contribution is 4.82. The summed E-state index contributed by atoms with van der Waals surface area (Å²) in [6.07, 6.45) is 1.47. The summed E-state index contributed by atoms with van der Waals surface area (Å²) >= 11 is 0. The summed E-state index contributed by atoms with van der Waals surface area (Å²) in [7, 11) is 1.61. The number of aliphatic hydroxyl groups excluding tert-OH is 2. The molecule has 0 aromatic carbocycles. The topological polar surface area (TPSA) is 71.0 Å². The van der Waals surface area contributed by atoms with Crippen molar-refractivity contribution in [3.05, 3.63) is 0 Å². The van der Waals surface area contributed by atoms with Gasteiger partial charge in [0.05, 0.1) is 32.0 Å². The number of hydrogen-bond acceptors (Lipinski definition) is 5. The van der Waals surface area contributed by atoms with Crippen molar-refractivity contribution >= 4 is 0 Å². The molecule has 5 nitrogen and oxygen atoms in total. The van der Waals surface area contributed by atoms with Crippen LogP contribution in [0.1, 0.15) is 12.8 Å². The van der Waals surface area contributed by atoms with E-state index in [0.717, 1.165) is 12.8 Å². The van der Waals surface area contributed by atoms with Gasteiger partial charge >= 0.3 is 0 Å². The van der Waals surface area contributed by atoms with Crippen LogP contribution in [0.3, 0.4) is 0 Å². The summed E-state index contributed by atoms with van der Waals surface area (Å²) in [5.41, 5.74) is 0. The zero-order valence-electron chi connectivity index (χ0n) is 9.89. The zero-order valence-corrected chi connectivity index (χ0v) is 9.89. The van der Waals surface area contributed by atoms with E-state index < -0.39 is 6.10 Å². The second-order valence-corrected chi connectivity index (χ2v) is 4.28. The molecule has 1 aliphatic carbocycles. The molecule has 0 aliphatic heterocycles. The normalized spacial score (nSPS) is 19.7. The Labute approximate surface area is 96.7 Å². The van der Waals surface area contributed by atoms with Crippen LogP contribution in [0.5, 0.6) is 0 Å². The highest BCUT2D eigenvalue weighted by Crippen LogP contribution is 2.32. The van der Waals surface area contributed by atoms with Crippen LogP contribution >= 0.6 is 0 Å². The highest BCUT2D eigenvalue weighted by Gasteiger charge is 2.29. The van der Waals surface area contributed by atoms with E-state index in [9.17, 15) is 10.2 Å². The Balaban J connectivity index is 1.87. The number of ether oxygens (including phenoxy) is 2. The highest BCUT2D eigenvalue weighted by atomic mass is 16.5. The molecule has 0 saturated heterocycles. The van der Waals surface area contributed by atoms with Crippen LogP contribution in [0.2, 0.25) is 0 Å². The molecule has 16 heavy (non-hydrogen) atoms. The van der Waals surface area contributed by atoms with Crippen molar-refractivity contribution in [1.82, 2.24) is 5.32 Å². The Morgan fingerprint density at radius 1 is 1.25 bits per heavy atom. The van der Waals surface area contributed by atoms with Gasteiger partial charge in [-0.25, -0.2) is 0 Å². The second kappa shape index (κ2) is 7.97. The minimum atomic E-state index is -0.525. The molecule has 2 unspecified atom stereocenters. The molecular weight excluding hydrogens is 210 g/mol.